The maximum Gasteiger partial charge on any atom is 0.246 e. The fourth-order valence-corrected chi connectivity index (χ4v) is 2.48. The highest BCUT2D eigenvalue weighted by atomic mass is 35.5. The molecule has 0 atom stereocenters. The Hall–Kier alpha value is -2.20. The summed E-state index contributed by atoms with van der Waals surface area (Å²) in [7, 11) is 0. The second kappa shape index (κ2) is 5.66. The van der Waals surface area contributed by atoms with Gasteiger partial charge in [0, 0.05) is 11.3 Å². The number of nitrogens with zero attached hydrogens (tertiary/aromatic N) is 2. The van der Waals surface area contributed by atoms with E-state index in [0.29, 0.717) is 22.1 Å². The zero-order valence-electron chi connectivity index (χ0n) is 11.6. The lowest BCUT2D eigenvalue weighted by molar-refractivity contribution is -0.114. The largest absolute Gasteiger partial charge is 0.323 e. The van der Waals surface area contributed by atoms with Gasteiger partial charge in [0.2, 0.25) is 5.91 Å². The first-order valence-corrected chi connectivity index (χ1v) is 7.16. The summed E-state index contributed by atoms with van der Waals surface area (Å²) < 4.78 is 0. The van der Waals surface area contributed by atoms with E-state index < -0.39 is 0 Å². The third kappa shape index (κ3) is 2.67. The molecule has 1 N–H and O–H groups in total. The van der Waals surface area contributed by atoms with Crippen molar-refractivity contribution >= 4 is 28.9 Å². The van der Waals surface area contributed by atoms with Crippen LogP contribution in [0, 0.1) is 0 Å². The van der Waals surface area contributed by atoms with Crippen LogP contribution in [0.5, 0.6) is 0 Å². The van der Waals surface area contributed by atoms with Gasteiger partial charge in [-0.25, -0.2) is 4.98 Å². The Morgan fingerprint density at radius 1 is 1.24 bits per heavy atom. The molecule has 1 amide bonds. The van der Waals surface area contributed by atoms with Crippen molar-refractivity contribution < 1.29 is 4.79 Å². The van der Waals surface area contributed by atoms with Crippen molar-refractivity contribution in [2.75, 3.05) is 11.9 Å². The summed E-state index contributed by atoms with van der Waals surface area (Å²) in [5.41, 5.74) is 3.74. The first kappa shape index (κ1) is 13.8. The van der Waals surface area contributed by atoms with Gasteiger partial charge in [-0.1, -0.05) is 36.7 Å². The van der Waals surface area contributed by atoms with E-state index in [0.717, 1.165) is 17.7 Å². The van der Waals surface area contributed by atoms with Gasteiger partial charge in [-0.3, -0.25) is 9.79 Å². The number of hydrogen-bond donors (Lipinski definition) is 1. The lowest BCUT2D eigenvalue weighted by Gasteiger charge is -2.11. The molecule has 0 unspecified atom stereocenters. The van der Waals surface area contributed by atoms with E-state index in [9.17, 15) is 4.79 Å². The predicted molar refractivity (Wildman–Crippen MR) is 84.2 cm³/mol. The van der Waals surface area contributed by atoms with Gasteiger partial charge in [-0.2, -0.15) is 0 Å². The second-order valence-electron chi connectivity index (χ2n) is 4.75. The van der Waals surface area contributed by atoms with Crippen molar-refractivity contribution in [1.29, 1.82) is 0 Å². The first-order valence-electron chi connectivity index (χ1n) is 6.78. The SMILES string of the molecule is CCc1ccc2c(n1)C(c1ccccc1Cl)=NCC(=O)N2. The molecule has 1 aromatic carbocycles. The van der Waals surface area contributed by atoms with Crippen LogP contribution in [0.4, 0.5) is 5.69 Å². The number of halogens is 1. The highest BCUT2D eigenvalue weighted by Crippen LogP contribution is 2.25. The number of anilines is 1. The van der Waals surface area contributed by atoms with Gasteiger partial charge in [0.05, 0.1) is 16.4 Å². The maximum atomic E-state index is 11.8. The number of aryl methyl sites for hydroxylation is 1. The Morgan fingerprint density at radius 3 is 2.81 bits per heavy atom. The minimum Gasteiger partial charge on any atom is -0.323 e. The molecule has 0 aliphatic carbocycles. The smallest absolute Gasteiger partial charge is 0.246 e. The molecule has 5 heteroatoms. The monoisotopic (exact) mass is 299 g/mol. The Balaban J connectivity index is 2.21. The summed E-state index contributed by atoms with van der Waals surface area (Å²) in [5, 5.41) is 3.43. The lowest BCUT2D eigenvalue weighted by Crippen LogP contribution is -2.14. The molecule has 0 bridgehead atoms. The number of hydrogen-bond acceptors (Lipinski definition) is 3. The van der Waals surface area contributed by atoms with Crippen molar-refractivity contribution in [2.45, 2.75) is 13.3 Å². The summed E-state index contributed by atoms with van der Waals surface area (Å²) in [6.45, 7) is 2.11. The number of nitrogens with one attached hydrogen (secondary N) is 1. The number of aliphatic imine (C=N–C) groups is 1. The Bertz CT molecular complexity index is 740. The van der Waals surface area contributed by atoms with Gasteiger partial charge in [0.25, 0.3) is 0 Å². The molecular weight excluding hydrogens is 286 g/mol. The van der Waals surface area contributed by atoms with Gasteiger partial charge in [0.1, 0.15) is 12.2 Å². The number of carbonyl (C=O) groups is 1. The number of aromatic nitrogens is 1. The standard InChI is InChI=1S/C16H14ClN3O/c1-2-10-7-8-13-16(19-10)15(18-9-14(21)20-13)11-5-3-4-6-12(11)17/h3-8H,2,9H2,1H3,(H,20,21). The summed E-state index contributed by atoms with van der Waals surface area (Å²) in [6.07, 6.45) is 0.816. The predicted octanol–water partition coefficient (Wildman–Crippen LogP) is 3.09. The van der Waals surface area contributed by atoms with Crippen LogP contribution in [0.15, 0.2) is 41.4 Å². The van der Waals surface area contributed by atoms with E-state index in [1.807, 2.05) is 43.3 Å². The minimum absolute atomic E-state index is 0.0678. The zero-order chi connectivity index (χ0) is 14.8. The molecule has 0 radical (unpaired) electrons. The Labute approximate surface area is 127 Å². The number of benzene rings is 1. The molecule has 0 spiro atoms. The lowest BCUT2D eigenvalue weighted by atomic mass is 10.0. The number of fused-ring (bicyclic) bond motifs is 1. The normalized spacial score (nSPS) is 14.0. The molecule has 3 rings (SSSR count). The summed E-state index contributed by atoms with van der Waals surface area (Å²) in [6, 6.07) is 11.2. The molecule has 0 saturated carbocycles. The zero-order valence-corrected chi connectivity index (χ0v) is 12.3. The average molecular weight is 300 g/mol. The topological polar surface area (TPSA) is 54.4 Å². The minimum atomic E-state index is -0.149. The summed E-state index contributed by atoms with van der Waals surface area (Å²) in [4.78, 5) is 20.8. The van der Waals surface area contributed by atoms with Gasteiger partial charge < -0.3 is 5.32 Å². The second-order valence-corrected chi connectivity index (χ2v) is 5.15. The number of carbonyl (C=O) groups excluding carboxylic acids is 1. The molecule has 0 saturated heterocycles. The van der Waals surface area contributed by atoms with Crippen LogP contribution >= 0.6 is 11.6 Å². The number of rotatable bonds is 2. The van der Waals surface area contributed by atoms with Crippen molar-refractivity contribution in [2.24, 2.45) is 4.99 Å². The van der Waals surface area contributed by atoms with Crippen LogP contribution in [-0.4, -0.2) is 23.1 Å². The molecule has 1 aliphatic rings. The van der Waals surface area contributed by atoms with Crippen molar-refractivity contribution in [3.63, 3.8) is 0 Å². The summed E-state index contributed by atoms with van der Waals surface area (Å²) in [5.74, 6) is -0.149. The quantitative estimate of drug-likeness (QED) is 0.926. The van der Waals surface area contributed by atoms with E-state index in [1.165, 1.54) is 0 Å². The molecule has 1 aromatic heterocycles. The van der Waals surface area contributed by atoms with E-state index in [2.05, 4.69) is 15.3 Å². The summed E-state index contributed by atoms with van der Waals surface area (Å²) >= 11 is 6.27. The molecule has 4 nitrogen and oxygen atoms in total. The maximum absolute atomic E-state index is 11.8. The molecule has 1 aliphatic heterocycles. The molecule has 2 heterocycles. The van der Waals surface area contributed by atoms with Crippen LogP contribution < -0.4 is 5.32 Å². The van der Waals surface area contributed by atoms with E-state index in [4.69, 9.17) is 11.6 Å². The fourth-order valence-electron chi connectivity index (χ4n) is 2.26. The third-order valence-corrected chi connectivity index (χ3v) is 3.65. The van der Waals surface area contributed by atoms with Crippen molar-refractivity contribution in [1.82, 2.24) is 4.98 Å². The molecular formula is C16H14ClN3O. The molecule has 106 valence electrons. The van der Waals surface area contributed by atoms with Gasteiger partial charge in [0.15, 0.2) is 0 Å². The van der Waals surface area contributed by atoms with E-state index in [-0.39, 0.29) is 12.5 Å². The van der Waals surface area contributed by atoms with Crippen molar-refractivity contribution in [3.8, 4) is 0 Å². The van der Waals surface area contributed by atoms with Crippen molar-refractivity contribution in [3.05, 3.63) is 58.4 Å². The first-order chi connectivity index (χ1) is 10.2. The van der Waals surface area contributed by atoms with Crippen LogP contribution in [0.3, 0.4) is 0 Å². The number of amides is 1. The number of pyridine rings is 1. The van der Waals surface area contributed by atoms with Crippen LogP contribution in [0.25, 0.3) is 0 Å². The van der Waals surface area contributed by atoms with Crippen LogP contribution in [0.2, 0.25) is 5.02 Å². The molecule has 2 aromatic rings. The highest BCUT2D eigenvalue weighted by molar-refractivity contribution is 6.36. The Kier molecular flexibility index (Phi) is 3.71. The van der Waals surface area contributed by atoms with Crippen LogP contribution in [-0.2, 0) is 11.2 Å². The molecule has 21 heavy (non-hydrogen) atoms. The van der Waals surface area contributed by atoms with E-state index >= 15 is 0 Å². The Morgan fingerprint density at radius 2 is 2.05 bits per heavy atom. The molecule has 0 fully saturated rings. The highest BCUT2D eigenvalue weighted by Gasteiger charge is 2.21. The van der Waals surface area contributed by atoms with Gasteiger partial charge in [-0.05, 0) is 24.6 Å². The third-order valence-electron chi connectivity index (χ3n) is 3.32. The van der Waals surface area contributed by atoms with Gasteiger partial charge >= 0.3 is 0 Å². The van der Waals surface area contributed by atoms with E-state index in [1.54, 1.807) is 0 Å². The van der Waals surface area contributed by atoms with Gasteiger partial charge in [-0.15, -0.1) is 0 Å². The average Bonchev–Trinajstić information content (AvgIpc) is 2.65. The fraction of sp³-hybridized carbons (Fsp3) is 0.188. The van der Waals surface area contributed by atoms with Crippen LogP contribution in [0.1, 0.15) is 23.9 Å².